The summed E-state index contributed by atoms with van der Waals surface area (Å²) in [6, 6.07) is 9.48. The van der Waals surface area contributed by atoms with Crippen molar-refractivity contribution in [1.82, 2.24) is 9.78 Å². The molecular weight excluding hydrogens is 465 g/mol. The predicted molar refractivity (Wildman–Crippen MR) is 124 cm³/mol. The van der Waals surface area contributed by atoms with E-state index in [1.54, 1.807) is 30.9 Å². The molecule has 1 heterocycles. The maximum absolute atomic E-state index is 14.6. The van der Waals surface area contributed by atoms with E-state index in [9.17, 15) is 17.6 Å². The van der Waals surface area contributed by atoms with E-state index in [1.807, 2.05) is 0 Å². The summed E-state index contributed by atoms with van der Waals surface area (Å²) in [5.41, 5.74) is 0.188. The van der Waals surface area contributed by atoms with E-state index < -0.39 is 21.6 Å². The van der Waals surface area contributed by atoms with Crippen molar-refractivity contribution in [2.45, 2.75) is 24.8 Å². The van der Waals surface area contributed by atoms with Gasteiger partial charge in [-0.1, -0.05) is 6.92 Å². The number of anilines is 1. The summed E-state index contributed by atoms with van der Waals surface area (Å²) in [5.74, 6) is -0.898. The summed E-state index contributed by atoms with van der Waals surface area (Å²) in [4.78, 5) is 12.7. The van der Waals surface area contributed by atoms with Gasteiger partial charge in [-0.3, -0.25) is 9.48 Å². The van der Waals surface area contributed by atoms with Crippen molar-refractivity contribution in [3.63, 3.8) is 0 Å². The van der Waals surface area contributed by atoms with Gasteiger partial charge < -0.3 is 19.5 Å². The number of nitrogens with zero attached hydrogens (tertiary/aromatic N) is 2. The molecule has 182 valence electrons. The Hall–Kier alpha value is -3.44. The van der Waals surface area contributed by atoms with Crippen LogP contribution in [0.25, 0.3) is 0 Å². The Kier molecular flexibility index (Phi) is 7.90. The van der Waals surface area contributed by atoms with Crippen LogP contribution >= 0.6 is 0 Å². The number of aromatic nitrogens is 2. The Labute approximate surface area is 197 Å². The van der Waals surface area contributed by atoms with Crippen LogP contribution in [0.15, 0.2) is 53.6 Å². The molecule has 1 amide bonds. The highest BCUT2D eigenvalue weighted by molar-refractivity contribution is 7.91. The molecule has 0 spiro atoms. The molecule has 9 nitrogen and oxygen atoms in total. The molecule has 34 heavy (non-hydrogen) atoms. The summed E-state index contributed by atoms with van der Waals surface area (Å²) < 4.78 is 56.7. The first-order valence-corrected chi connectivity index (χ1v) is 12.1. The van der Waals surface area contributed by atoms with Crippen LogP contribution in [-0.4, -0.2) is 49.7 Å². The average molecular weight is 492 g/mol. The zero-order valence-electron chi connectivity index (χ0n) is 19.2. The fourth-order valence-electron chi connectivity index (χ4n) is 3.05. The number of methoxy groups -OCH3 is 1. The van der Waals surface area contributed by atoms with Gasteiger partial charge in [0.05, 0.1) is 17.3 Å². The van der Waals surface area contributed by atoms with Crippen LogP contribution in [0, 0.1) is 5.82 Å². The minimum Gasteiger partial charge on any atom is -0.488 e. The zero-order chi connectivity index (χ0) is 24.9. The Morgan fingerprint density at radius 2 is 1.91 bits per heavy atom. The summed E-state index contributed by atoms with van der Waals surface area (Å²) in [7, 11) is -0.311. The number of halogens is 1. The molecule has 11 heteroatoms. The number of carbonyl (C=O) groups is 1. The average Bonchev–Trinajstić information content (AvgIpc) is 3.19. The molecule has 2 aromatic carbocycles. The van der Waals surface area contributed by atoms with E-state index in [-0.39, 0.29) is 33.8 Å². The normalized spacial score (nSPS) is 12.3. The molecule has 0 saturated carbocycles. The smallest absolute Gasteiger partial charge is 0.257 e. The second-order valence-electron chi connectivity index (χ2n) is 7.50. The van der Waals surface area contributed by atoms with Crippen molar-refractivity contribution in [3.05, 3.63) is 60.0 Å². The van der Waals surface area contributed by atoms with E-state index in [2.05, 4.69) is 10.4 Å². The van der Waals surface area contributed by atoms with Crippen molar-refractivity contribution < 1.29 is 31.8 Å². The third kappa shape index (κ3) is 6.33. The van der Waals surface area contributed by atoms with Gasteiger partial charge >= 0.3 is 0 Å². The van der Waals surface area contributed by atoms with Gasteiger partial charge in [0.15, 0.2) is 27.2 Å². The number of amides is 1. The quantitative estimate of drug-likeness (QED) is 0.459. The Morgan fingerprint density at radius 1 is 1.18 bits per heavy atom. The fourth-order valence-corrected chi connectivity index (χ4v) is 3.94. The summed E-state index contributed by atoms with van der Waals surface area (Å²) in [5, 5.41) is 6.79. The number of benzene rings is 2. The van der Waals surface area contributed by atoms with Gasteiger partial charge in [0, 0.05) is 38.1 Å². The summed E-state index contributed by atoms with van der Waals surface area (Å²) in [6.45, 7) is 3.57. The van der Waals surface area contributed by atoms with Crippen LogP contribution in [0.4, 0.5) is 10.2 Å². The number of hydrogen-bond donors (Lipinski definition) is 1. The van der Waals surface area contributed by atoms with Crippen LogP contribution in [-0.2, 0) is 21.6 Å². The minimum atomic E-state index is -3.57. The Balaban J connectivity index is 1.92. The third-order valence-corrected chi connectivity index (χ3v) is 6.44. The molecule has 0 unspecified atom stereocenters. The van der Waals surface area contributed by atoms with Gasteiger partial charge in [-0.2, -0.15) is 5.10 Å². The molecule has 0 radical (unpaired) electrons. The lowest BCUT2D eigenvalue weighted by Gasteiger charge is -2.16. The molecule has 3 aromatic rings. The first-order chi connectivity index (χ1) is 16.1. The number of rotatable bonds is 10. The van der Waals surface area contributed by atoms with E-state index in [0.717, 1.165) is 6.07 Å². The van der Waals surface area contributed by atoms with Gasteiger partial charge in [0.1, 0.15) is 17.6 Å². The largest absolute Gasteiger partial charge is 0.488 e. The maximum Gasteiger partial charge on any atom is 0.257 e. The molecule has 0 fully saturated rings. The molecule has 0 aliphatic heterocycles. The second kappa shape index (κ2) is 10.7. The maximum atomic E-state index is 14.6. The van der Waals surface area contributed by atoms with Crippen LogP contribution in [0.3, 0.4) is 0 Å². The molecule has 1 atom stereocenters. The summed E-state index contributed by atoms with van der Waals surface area (Å²) in [6.07, 6.45) is 1.35. The molecule has 0 saturated heterocycles. The lowest BCUT2D eigenvalue weighted by molar-refractivity contribution is 0.0915. The second-order valence-corrected chi connectivity index (χ2v) is 9.78. The molecular formula is C23H26FN3O6S. The fraction of sp³-hybridized carbons (Fsp3) is 0.304. The van der Waals surface area contributed by atoms with Crippen LogP contribution < -0.4 is 14.8 Å². The number of sulfone groups is 1. The highest BCUT2D eigenvalue weighted by Gasteiger charge is 2.17. The summed E-state index contributed by atoms with van der Waals surface area (Å²) >= 11 is 0. The Bertz CT molecular complexity index is 1280. The van der Waals surface area contributed by atoms with Gasteiger partial charge in [0.2, 0.25) is 0 Å². The molecule has 0 aliphatic carbocycles. The van der Waals surface area contributed by atoms with Crippen LogP contribution in [0.1, 0.15) is 24.2 Å². The monoisotopic (exact) mass is 491 g/mol. The molecule has 0 aliphatic rings. The lowest BCUT2D eigenvalue weighted by Crippen LogP contribution is -2.18. The third-order valence-electron chi connectivity index (χ3n) is 4.71. The van der Waals surface area contributed by atoms with Crippen LogP contribution in [0.2, 0.25) is 0 Å². The topological polar surface area (TPSA) is 109 Å². The van der Waals surface area contributed by atoms with Crippen molar-refractivity contribution in [2.24, 2.45) is 7.05 Å². The van der Waals surface area contributed by atoms with E-state index in [4.69, 9.17) is 14.2 Å². The van der Waals surface area contributed by atoms with Gasteiger partial charge in [-0.05, 0) is 37.3 Å². The van der Waals surface area contributed by atoms with Gasteiger partial charge in [-0.15, -0.1) is 0 Å². The van der Waals surface area contributed by atoms with E-state index in [0.29, 0.717) is 18.2 Å². The number of aryl methyl sites for hydroxylation is 1. The van der Waals surface area contributed by atoms with E-state index in [1.165, 1.54) is 44.4 Å². The number of carbonyl (C=O) groups excluding carboxylic acids is 1. The zero-order valence-corrected chi connectivity index (χ0v) is 20.1. The highest BCUT2D eigenvalue weighted by atomic mass is 32.2. The van der Waals surface area contributed by atoms with Gasteiger partial charge in [-0.25, -0.2) is 12.8 Å². The Morgan fingerprint density at radius 3 is 2.53 bits per heavy atom. The van der Waals surface area contributed by atoms with Crippen molar-refractivity contribution in [3.8, 4) is 17.2 Å². The molecule has 3 rings (SSSR count). The number of nitrogens with one attached hydrogen (secondary N) is 1. The number of ether oxygens (including phenoxy) is 3. The number of hydrogen-bond acceptors (Lipinski definition) is 7. The SMILES string of the molecule is CCS(=O)(=O)c1ccc(Oc2cc(O[C@@H](C)COC)cc(C(=O)Nc3ccn(C)n3)c2)c(F)c1. The highest BCUT2D eigenvalue weighted by Crippen LogP contribution is 2.31. The van der Waals surface area contributed by atoms with Gasteiger partial charge in [0.25, 0.3) is 5.91 Å². The lowest BCUT2D eigenvalue weighted by atomic mass is 10.2. The first kappa shape index (κ1) is 25.2. The van der Waals surface area contributed by atoms with E-state index >= 15 is 0 Å². The molecule has 1 N–H and O–H groups in total. The predicted octanol–water partition coefficient (Wildman–Crippen LogP) is 3.81. The van der Waals surface area contributed by atoms with Crippen LogP contribution in [0.5, 0.6) is 17.2 Å². The standard InChI is InChI=1S/C23H26FN3O6S/c1-5-34(29,30)19-6-7-21(20(24)13-19)33-18-11-16(10-17(12-18)32-15(2)14-31-4)23(28)25-22-8-9-27(3)26-22/h6-13,15H,5,14H2,1-4H3,(H,25,26,28)/t15-/m0/s1. The molecule has 1 aromatic heterocycles. The minimum absolute atomic E-state index is 0.123. The first-order valence-electron chi connectivity index (χ1n) is 10.4. The van der Waals surface area contributed by atoms with Crippen molar-refractivity contribution >= 4 is 21.6 Å². The van der Waals surface area contributed by atoms with Crippen molar-refractivity contribution in [1.29, 1.82) is 0 Å². The molecule has 0 bridgehead atoms. The van der Waals surface area contributed by atoms with Crippen molar-refractivity contribution in [2.75, 3.05) is 24.8 Å².